The lowest BCUT2D eigenvalue weighted by Gasteiger charge is -2.19. The fourth-order valence-electron chi connectivity index (χ4n) is 1.26. The first-order chi connectivity index (χ1) is 8.85. The molecular weight excluding hydrogens is 263 g/mol. The van der Waals surface area contributed by atoms with E-state index in [0.717, 1.165) is 11.3 Å². The second-order valence-electron chi connectivity index (χ2n) is 3.84. The summed E-state index contributed by atoms with van der Waals surface area (Å²) in [6, 6.07) is -0.0300. The molecule has 0 radical (unpaired) electrons. The molecule has 0 unspecified atom stereocenters. The lowest BCUT2D eigenvalue weighted by Crippen LogP contribution is -2.32. The molecule has 0 amide bonds. The maximum absolute atomic E-state index is 12.3. The van der Waals surface area contributed by atoms with E-state index >= 15 is 0 Å². The number of hydrogen-bond acceptors (Lipinski definition) is 6. The van der Waals surface area contributed by atoms with Crippen LogP contribution < -0.4 is 15.0 Å². The molecule has 0 fully saturated rings. The number of hydrogen-bond donors (Lipinski definition) is 1. The molecule has 1 aromatic heterocycles. The smallest absolute Gasteiger partial charge is 0.406 e. The minimum absolute atomic E-state index is 0.0300. The minimum Gasteiger partial charge on any atom is -0.467 e. The van der Waals surface area contributed by atoms with Crippen LogP contribution in [0.2, 0.25) is 0 Å². The lowest BCUT2D eigenvalue weighted by atomic mass is 10.5. The fourth-order valence-corrected chi connectivity index (χ4v) is 1.26. The van der Waals surface area contributed by atoms with Crippen LogP contribution in [0.4, 0.5) is 25.1 Å². The van der Waals surface area contributed by atoms with Crippen molar-refractivity contribution < 1.29 is 17.9 Å². The van der Waals surface area contributed by atoms with Crippen LogP contribution in [-0.4, -0.2) is 48.4 Å². The van der Waals surface area contributed by atoms with Crippen LogP contribution in [0, 0.1) is 0 Å². The summed E-state index contributed by atoms with van der Waals surface area (Å²) in [5.41, 5.74) is 0. The van der Waals surface area contributed by atoms with Gasteiger partial charge in [0.15, 0.2) is 0 Å². The molecule has 0 spiro atoms. The number of anilines is 2. The minimum atomic E-state index is -4.33. The number of halogens is 3. The molecule has 1 N–H and O–H groups in total. The Morgan fingerprint density at radius 2 is 1.95 bits per heavy atom. The molecule has 0 saturated carbocycles. The van der Waals surface area contributed by atoms with Gasteiger partial charge in [0.1, 0.15) is 6.54 Å². The standard InChI is InChI=1S/C10H16F3N5O/c1-4-5-14-7-15-8(17-9(16-7)19-3)18(2)6-10(11,12)13/h4-6H2,1-3H3,(H,14,15,16,17). The highest BCUT2D eigenvalue weighted by Crippen LogP contribution is 2.20. The normalized spacial score (nSPS) is 11.3. The summed E-state index contributed by atoms with van der Waals surface area (Å²) in [6.45, 7) is 1.41. The van der Waals surface area contributed by atoms with Crippen molar-refractivity contribution in [3.05, 3.63) is 0 Å². The molecular formula is C10H16F3N5O. The van der Waals surface area contributed by atoms with Crippen molar-refractivity contribution in [2.45, 2.75) is 19.5 Å². The Hall–Kier alpha value is -1.80. The second kappa shape index (κ2) is 6.39. The molecule has 9 heteroatoms. The summed E-state index contributed by atoms with van der Waals surface area (Å²) in [5, 5.41) is 2.88. The largest absolute Gasteiger partial charge is 0.467 e. The first-order valence-electron chi connectivity index (χ1n) is 5.67. The van der Waals surface area contributed by atoms with Gasteiger partial charge in [0.25, 0.3) is 0 Å². The van der Waals surface area contributed by atoms with Crippen molar-refractivity contribution in [1.82, 2.24) is 15.0 Å². The summed E-state index contributed by atoms with van der Waals surface area (Å²) in [4.78, 5) is 12.5. The third-order valence-electron chi connectivity index (χ3n) is 2.08. The van der Waals surface area contributed by atoms with Crippen molar-refractivity contribution in [1.29, 1.82) is 0 Å². The van der Waals surface area contributed by atoms with Crippen LogP contribution >= 0.6 is 0 Å². The van der Waals surface area contributed by atoms with E-state index in [-0.39, 0.29) is 17.9 Å². The molecule has 0 saturated heterocycles. The average Bonchev–Trinajstić information content (AvgIpc) is 2.33. The molecule has 19 heavy (non-hydrogen) atoms. The Bertz CT molecular complexity index is 413. The zero-order valence-electron chi connectivity index (χ0n) is 11.0. The summed E-state index contributed by atoms with van der Waals surface area (Å²) >= 11 is 0. The molecule has 1 rings (SSSR count). The highest BCUT2D eigenvalue weighted by atomic mass is 19.4. The third-order valence-corrected chi connectivity index (χ3v) is 2.08. The first-order valence-corrected chi connectivity index (χ1v) is 5.67. The highest BCUT2D eigenvalue weighted by Gasteiger charge is 2.30. The van der Waals surface area contributed by atoms with Gasteiger partial charge in [-0.25, -0.2) is 0 Å². The molecule has 0 bridgehead atoms. The van der Waals surface area contributed by atoms with E-state index in [0.29, 0.717) is 6.54 Å². The predicted molar refractivity (Wildman–Crippen MR) is 64.5 cm³/mol. The number of aromatic nitrogens is 3. The number of ether oxygens (including phenoxy) is 1. The van der Waals surface area contributed by atoms with E-state index < -0.39 is 12.7 Å². The van der Waals surface area contributed by atoms with Gasteiger partial charge in [-0.15, -0.1) is 0 Å². The van der Waals surface area contributed by atoms with Crippen LogP contribution in [0.25, 0.3) is 0 Å². The Kier molecular flexibility index (Phi) is 5.13. The topological polar surface area (TPSA) is 63.2 Å². The lowest BCUT2D eigenvalue weighted by molar-refractivity contribution is -0.119. The van der Waals surface area contributed by atoms with Gasteiger partial charge in [-0.1, -0.05) is 6.92 Å². The van der Waals surface area contributed by atoms with Crippen molar-refractivity contribution in [2.75, 3.05) is 37.5 Å². The van der Waals surface area contributed by atoms with Crippen LogP contribution in [0.1, 0.15) is 13.3 Å². The van der Waals surface area contributed by atoms with Gasteiger partial charge in [0, 0.05) is 13.6 Å². The Morgan fingerprint density at radius 1 is 1.26 bits per heavy atom. The van der Waals surface area contributed by atoms with Crippen LogP contribution in [0.3, 0.4) is 0 Å². The summed E-state index contributed by atoms with van der Waals surface area (Å²) in [5.74, 6) is 0.0977. The van der Waals surface area contributed by atoms with Gasteiger partial charge in [-0.2, -0.15) is 28.1 Å². The fraction of sp³-hybridized carbons (Fsp3) is 0.700. The quantitative estimate of drug-likeness (QED) is 0.855. The molecule has 0 aliphatic rings. The molecule has 6 nitrogen and oxygen atoms in total. The molecule has 1 aromatic rings. The predicted octanol–water partition coefficient (Wildman–Crippen LogP) is 1.70. The summed E-state index contributed by atoms with van der Waals surface area (Å²) in [6.07, 6.45) is -3.49. The molecule has 1 heterocycles. The monoisotopic (exact) mass is 279 g/mol. The van der Waals surface area contributed by atoms with Crippen molar-refractivity contribution in [3.63, 3.8) is 0 Å². The molecule has 0 aliphatic carbocycles. The van der Waals surface area contributed by atoms with Crippen LogP contribution in [-0.2, 0) is 0 Å². The van der Waals surface area contributed by atoms with E-state index in [2.05, 4.69) is 20.3 Å². The number of nitrogens with zero attached hydrogens (tertiary/aromatic N) is 4. The van der Waals surface area contributed by atoms with Crippen molar-refractivity contribution >= 4 is 11.9 Å². The Balaban J connectivity index is 2.92. The van der Waals surface area contributed by atoms with Gasteiger partial charge < -0.3 is 15.0 Å². The maximum atomic E-state index is 12.3. The van der Waals surface area contributed by atoms with E-state index in [4.69, 9.17) is 4.74 Å². The number of methoxy groups -OCH3 is 1. The SMILES string of the molecule is CCCNc1nc(OC)nc(N(C)CC(F)(F)F)n1. The van der Waals surface area contributed by atoms with Crippen molar-refractivity contribution in [3.8, 4) is 6.01 Å². The highest BCUT2D eigenvalue weighted by molar-refractivity contribution is 5.37. The van der Waals surface area contributed by atoms with Gasteiger partial charge in [0.05, 0.1) is 7.11 Å². The summed E-state index contributed by atoms with van der Waals surface area (Å²) in [7, 11) is 2.60. The van der Waals surface area contributed by atoms with Crippen molar-refractivity contribution in [2.24, 2.45) is 0 Å². The molecule has 0 atom stereocenters. The zero-order valence-corrected chi connectivity index (χ0v) is 11.0. The number of alkyl halides is 3. The number of rotatable bonds is 6. The number of nitrogens with one attached hydrogen (secondary N) is 1. The summed E-state index contributed by atoms with van der Waals surface area (Å²) < 4.78 is 41.8. The third kappa shape index (κ3) is 5.14. The van der Waals surface area contributed by atoms with Gasteiger partial charge >= 0.3 is 12.2 Å². The van der Waals surface area contributed by atoms with Crippen LogP contribution in [0.15, 0.2) is 0 Å². The maximum Gasteiger partial charge on any atom is 0.406 e. The van der Waals surface area contributed by atoms with Gasteiger partial charge in [-0.3, -0.25) is 0 Å². The average molecular weight is 279 g/mol. The second-order valence-corrected chi connectivity index (χ2v) is 3.84. The molecule has 108 valence electrons. The Morgan fingerprint density at radius 3 is 2.47 bits per heavy atom. The van der Waals surface area contributed by atoms with E-state index in [1.54, 1.807) is 0 Å². The molecule has 0 aromatic carbocycles. The van der Waals surface area contributed by atoms with E-state index in [1.165, 1.54) is 14.2 Å². The Labute approximate surface area is 109 Å². The van der Waals surface area contributed by atoms with E-state index in [1.807, 2.05) is 6.92 Å². The van der Waals surface area contributed by atoms with Gasteiger partial charge in [0.2, 0.25) is 11.9 Å². The first kappa shape index (κ1) is 15.3. The van der Waals surface area contributed by atoms with Gasteiger partial charge in [-0.05, 0) is 6.42 Å². The molecule has 0 aliphatic heterocycles. The van der Waals surface area contributed by atoms with E-state index in [9.17, 15) is 13.2 Å². The zero-order chi connectivity index (χ0) is 14.5. The van der Waals surface area contributed by atoms with Crippen LogP contribution in [0.5, 0.6) is 6.01 Å².